The van der Waals surface area contributed by atoms with Crippen LogP contribution in [-0.4, -0.2) is 0 Å². The Labute approximate surface area is 101 Å². The third-order valence-electron chi connectivity index (χ3n) is 2.17. The Morgan fingerprint density at radius 2 is 2.47 bits per heavy atom. The number of halogens is 1. The molecule has 0 saturated heterocycles. The van der Waals surface area contributed by atoms with Gasteiger partial charge >= 0.3 is 0 Å². The first kappa shape index (κ1) is 10.9. The van der Waals surface area contributed by atoms with Gasteiger partial charge in [-0.1, -0.05) is 0 Å². The van der Waals surface area contributed by atoms with Gasteiger partial charge in [0.1, 0.15) is 5.76 Å². The van der Waals surface area contributed by atoms with Crippen LogP contribution in [-0.2, 0) is 6.54 Å². The van der Waals surface area contributed by atoms with Gasteiger partial charge in [-0.2, -0.15) is 0 Å². The molecule has 1 atom stereocenters. The number of thiophene rings is 1. The second-order valence-corrected chi connectivity index (χ2v) is 5.26. The zero-order chi connectivity index (χ0) is 10.7. The molecule has 2 nitrogen and oxygen atoms in total. The van der Waals surface area contributed by atoms with E-state index >= 15 is 0 Å². The van der Waals surface area contributed by atoms with Crippen molar-refractivity contribution in [3.8, 4) is 0 Å². The molecule has 0 fully saturated rings. The number of hydrogen-bond donors (Lipinski definition) is 1. The second kappa shape index (κ2) is 4.96. The molecule has 0 radical (unpaired) electrons. The number of nitrogens with one attached hydrogen (secondary N) is 1. The Morgan fingerprint density at radius 1 is 1.60 bits per heavy atom. The summed E-state index contributed by atoms with van der Waals surface area (Å²) >= 11 is 5.19. The van der Waals surface area contributed by atoms with Gasteiger partial charge in [-0.3, -0.25) is 0 Å². The van der Waals surface area contributed by atoms with Crippen molar-refractivity contribution in [3.05, 3.63) is 45.0 Å². The molecule has 0 bridgehead atoms. The third-order valence-corrected chi connectivity index (χ3v) is 3.87. The van der Waals surface area contributed by atoms with Crippen LogP contribution in [0, 0.1) is 0 Å². The summed E-state index contributed by atoms with van der Waals surface area (Å²) in [7, 11) is 0. The number of furan rings is 1. The first-order chi connectivity index (χ1) is 7.25. The lowest BCUT2D eigenvalue weighted by Gasteiger charge is -2.09. The van der Waals surface area contributed by atoms with Crippen molar-refractivity contribution in [2.75, 3.05) is 0 Å². The van der Waals surface area contributed by atoms with Crippen molar-refractivity contribution in [2.24, 2.45) is 0 Å². The van der Waals surface area contributed by atoms with E-state index in [2.05, 4.69) is 39.6 Å². The van der Waals surface area contributed by atoms with Crippen LogP contribution in [0.4, 0.5) is 0 Å². The lowest BCUT2D eigenvalue weighted by atomic mass is 10.2. The monoisotopic (exact) mass is 285 g/mol. The molecular formula is C11H12BrNOS. The highest BCUT2D eigenvalue weighted by Crippen LogP contribution is 2.20. The van der Waals surface area contributed by atoms with Gasteiger partial charge in [0.2, 0.25) is 0 Å². The summed E-state index contributed by atoms with van der Waals surface area (Å²) in [5.41, 5.74) is 0. The first-order valence-electron chi connectivity index (χ1n) is 4.75. The zero-order valence-corrected chi connectivity index (χ0v) is 10.8. The first-order valence-corrected chi connectivity index (χ1v) is 6.42. The summed E-state index contributed by atoms with van der Waals surface area (Å²) < 4.78 is 6.47. The molecule has 0 saturated carbocycles. The van der Waals surface area contributed by atoms with Crippen molar-refractivity contribution in [2.45, 2.75) is 19.5 Å². The maximum Gasteiger partial charge on any atom is 0.120 e. The summed E-state index contributed by atoms with van der Waals surface area (Å²) in [5, 5.41) is 5.50. The van der Waals surface area contributed by atoms with E-state index in [4.69, 9.17) is 4.42 Å². The quantitative estimate of drug-likeness (QED) is 0.920. The molecule has 2 heterocycles. The van der Waals surface area contributed by atoms with E-state index in [0.717, 1.165) is 16.8 Å². The molecule has 0 aliphatic heterocycles. The van der Waals surface area contributed by atoms with Crippen LogP contribution >= 0.6 is 27.3 Å². The molecular weight excluding hydrogens is 274 g/mol. The van der Waals surface area contributed by atoms with Crippen molar-refractivity contribution in [1.29, 1.82) is 0 Å². The predicted molar refractivity (Wildman–Crippen MR) is 66.0 cm³/mol. The third kappa shape index (κ3) is 2.93. The van der Waals surface area contributed by atoms with Crippen LogP contribution in [0.25, 0.3) is 0 Å². The average Bonchev–Trinajstić information content (AvgIpc) is 2.84. The summed E-state index contributed by atoms with van der Waals surface area (Å²) in [6.07, 6.45) is 1.70. The van der Waals surface area contributed by atoms with Crippen LogP contribution in [0.3, 0.4) is 0 Å². The molecule has 0 spiro atoms. The molecule has 0 aliphatic carbocycles. The van der Waals surface area contributed by atoms with Gasteiger partial charge in [0.25, 0.3) is 0 Å². The maximum atomic E-state index is 5.32. The standard InChI is InChI=1S/C11H12BrNOS/c1-8(11-3-2-4-14-11)13-6-10-5-9(12)7-15-10/h2-5,7-8,13H,6H2,1H3. The Morgan fingerprint density at radius 3 is 3.07 bits per heavy atom. The number of hydrogen-bond acceptors (Lipinski definition) is 3. The molecule has 1 N–H and O–H groups in total. The molecule has 0 amide bonds. The van der Waals surface area contributed by atoms with E-state index < -0.39 is 0 Å². The topological polar surface area (TPSA) is 25.2 Å². The van der Waals surface area contributed by atoms with Gasteiger partial charge in [0.05, 0.1) is 12.3 Å². The van der Waals surface area contributed by atoms with Crippen molar-refractivity contribution < 1.29 is 4.42 Å². The Hall–Kier alpha value is -0.580. The van der Waals surface area contributed by atoms with Crippen LogP contribution < -0.4 is 5.32 Å². The normalized spacial score (nSPS) is 12.9. The van der Waals surface area contributed by atoms with E-state index in [1.807, 2.05) is 12.1 Å². The summed E-state index contributed by atoms with van der Waals surface area (Å²) in [6.45, 7) is 2.97. The van der Waals surface area contributed by atoms with Crippen LogP contribution in [0.5, 0.6) is 0 Å². The fraction of sp³-hybridized carbons (Fsp3) is 0.273. The van der Waals surface area contributed by atoms with E-state index in [1.165, 1.54) is 4.88 Å². The fourth-order valence-electron chi connectivity index (χ4n) is 1.34. The Balaban J connectivity index is 1.88. The molecule has 2 aromatic heterocycles. The van der Waals surface area contributed by atoms with Gasteiger partial charge in [0.15, 0.2) is 0 Å². The SMILES string of the molecule is CC(NCc1cc(Br)cs1)c1ccco1. The van der Waals surface area contributed by atoms with Crippen LogP contribution in [0.15, 0.2) is 38.7 Å². The summed E-state index contributed by atoms with van der Waals surface area (Å²) in [5.74, 6) is 0.977. The molecule has 80 valence electrons. The van der Waals surface area contributed by atoms with E-state index in [-0.39, 0.29) is 6.04 Å². The molecule has 1 unspecified atom stereocenters. The highest BCUT2D eigenvalue weighted by molar-refractivity contribution is 9.10. The molecule has 2 aromatic rings. The van der Waals surface area contributed by atoms with Gasteiger partial charge < -0.3 is 9.73 Å². The minimum absolute atomic E-state index is 0.251. The van der Waals surface area contributed by atoms with Crippen LogP contribution in [0.2, 0.25) is 0 Å². The molecule has 0 aliphatic rings. The summed E-state index contributed by atoms with van der Waals surface area (Å²) in [4.78, 5) is 1.32. The van der Waals surface area contributed by atoms with E-state index in [0.29, 0.717) is 0 Å². The Bertz CT molecular complexity index is 410. The highest BCUT2D eigenvalue weighted by atomic mass is 79.9. The van der Waals surface area contributed by atoms with Gasteiger partial charge in [-0.05, 0) is 41.1 Å². The number of rotatable bonds is 4. The fourth-order valence-corrected chi connectivity index (χ4v) is 2.74. The largest absolute Gasteiger partial charge is 0.468 e. The predicted octanol–water partition coefficient (Wildman–Crippen LogP) is 3.95. The second-order valence-electron chi connectivity index (χ2n) is 3.35. The van der Waals surface area contributed by atoms with Crippen LogP contribution in [0.1, 0.15) is 23.6 Å². The lowest BCUT2D eigenvalue weighted by molar-refractivity contribution is 0.431. The zero-order valence-electron chi connectivity index (χ0n) is 8.37. The van der Waals surface area contributed by atoms with Gasteiger partial charge in [-0.15, -0.1) is 11.3 Å². The summed E-state index contributed by atoms with van der Waals surface area (Å²) in [6, 6.07) is 6.28. The molecule has 2 rings (SSSR count). The van der Waals surface area contributed by atoms with Crippen molar-refractivity contribution in [3.63, 3.8) is 0 Å². The van der Waals surface area contributed by atoms with Gasteiger partial charge in [0, 0.05) is 21.3 Å². The molecule has 0 aromatic carbocycles. The molecule has 15 heavy (non-hydrogen) atoms. The lowest BCUT2D eigenvalue weighted by Crippen LogP contribution is -2.16. The minimum atomic E-state index is 0.251. The maximum absolute atomic E-state index is 5.32. The van der Waals surface area contributed by atoms with Crippen molar-refractivity contribution in [1.82, 2.24) is 5.32 Å². The minimum Gasteiger partial charge on any atom is -0.468 e. The van der Waals surface area contributed by atoms with Crippen molar-refractivity contribution >= 4 is 27.3 Å². The van der Waals surface area contributed by atoms with E-state index in [1.54, 1.807) is 17.6 Å². The van der Waals surface area contributed by atoms with E-state index in [9.17, 15) is 0 Å². The molecule has 4 heteroatoms. The van der Waals surface area contributed by atoms with Gasteiger partial charge in [-0.25, -0.2) is 0 Å². The smallest absolute Gasteiger partial charge is 0.120 e. The highest BCUT2D eigenvalue weighted by Gasteiger charge is 2.07. The average molecular weight is 286 g/mol. The Kier molecular flexibility index (Phi) is 3.61.